The predicted octanol–water partition coefficient (Wildman–Crippen LogP) is 3.74. The number of pyridine rings is 1. The second kappa shape index (κ2) is 9.90. The summed E-state index contributed by atoms with van der Waals surface area (Å²) in [6.45, 7) is 2.97. The molecule has 0 unspecified atom stereocenters. The molecule has 1 aromatic heterocycles. The molecule has 0 atom stereocenters. The number of hydrogen-bond donors (Lipinski definition) is 3. The third-order valence-corrected chi connectivity index (χ3v) is 8.28. The summed E-state index contributed by atoms with van der Waals surface area (Å²) >= 11 is 0. The molecule has 7 heteroatoms. The second-order valence-electron chi connectivity index (χ2n) is 11.0. The minimum absolute atomic E-state index is 0.00752. The Morgan fingerprint density at radius 1 is 0.939 bits per heavy atom. The first-order chi connectivity index (χ1) is 16.1. The van der Waals surface area contributed by atoms with E-state index in [4.69, 9.17) is 0 Å². The van der Waals surface area contributed by atoms with Gasteiger partial charge in [-0.25, -0.2) is 9.78 Å². The molecule has 4 aliphatic carbocycles. The Hall–Kier alpha value is -2.31. The van der Waals surface area contributed by atoms with E-state index in [-0.39, 0.29) is 23.9 Å². The number of nitrogens with one attached hydrogen (secondary N) is 3. The molecule has 7 nitrogen and oxygen atoms in total. The highest BCUT2D eigenvalue weighted by molar-refractivity contribution is 5.78. The highest BCUT2D eigenvalue weighted by Gasteiger charge is 2.51. The zero-order chi connectivity index (χ0) is 22.7. The summed E-state index contributed by atoms with van der Waals surface area (Å²) in [5.41, 5.74) is 1.00. The van der Waals surface area contributed by atoms with Crippen molar-refractivity contribution in [2.45, 2.75) is 82.7 Å². The molecular weight excluding hydrogens is 414 g/mol. The van der Waals surface area contributed by atoms with Gasteiger partial charge in [0.2, 0.25) is 5.91 Å². The highest BCUT2D eigenvalue weighted by atomic mass is 16.2. The number of rotatable bonds is 7. The number of anilines is 1. The summed E-state index contributed by atoms with van der Waals surface area (Å²) in [6.07, 6.45) is 14.7. The Morgan fingerprint density at radius 2 is 1.61 bits per heavy atom. The molecule has 180 valence electrons. The van der Waals surface area contributed by atoms with Crippen LogP contribution in [0.15, 0.2) is 18.3 Å². The third-order valence-electron chi connectivity index (χ3n) is 8.28. The van der Waals surface area contributed by atoms with Crippen LogP contribution in [0.2, 0.25) is 0 Å². The van der Waals surface area contributed by atoms with Crippen LogP contribution in [0.3, 0.4) is 0 Å². The van der Waals surface area contributed by atoms with Gasteiger partial charge < -0.3 is 20.9 Å². The van der Waals surface area contributed by atoms with Crippen LogP contribution in [0, 0.1) is 17.8 Å². The summed E-state index contributed by atoms with van der Waals surface area (Å²) in [7, 11) is 0. The van der Waals surface area contributed by atoms with E-state index < -0.39 is 0 Å². The van der Waals surface area contributed by atoms with E-state index in [9.17, 15) is 9.59 Å². The molecule has 4 saturated carbocycles. The van der Waals surface area contributed by atoms with Gasteiger partial charge in [0.25, 0.3) is 0 Å². The van der Waals surface area contributed by atoms with Crippen LogP contribution < -0.4 is 20.9 Å². The molecule has 1 aliphatic heterocycles. The van der Waals surface area contributed by atoms with Gasteiger partial charge in [0.05, 0.1) is 0 Å². The Balaban J connectivity index is 1.00. The van der Waals surface area contributed by atoms with Crippen molar-refractivity contribution >= 4 is 17.8 Å². The van der Waals surface area contributed by atoms with Gasteiger partial charge in [-0.2, -0.15) is 0 Å². The fraction of sp³-hybridized carbons (Fsp3) is 0.731. The summed E-state index contributed by atoms with van der Waals surface area (Å²) < 4.78 is 0. The molecule has 33 heavy (non-hydrogen) atoms. The van der Waals surface area contributed by atoms with Crippen LogP contribution in [-0.4, -0.2) is 42.1 Å². The number of amides is 3. The Bertz CT molecular complexity index is 796. The van der Waals surface area contributed by atoms with Gasteiger partial charge in [-0.05, 0) is 80.8 Å². The number of hydrogen-bond acceptors (Lipinski definition) is 4. The number of aromatic nitrogens is 1. The molecule has 5 aliphatic rings. The average molecular weight is 454 g/mol. The predicted molar refractivity (Wildman–Crippen MR) is 129 cm³/mol. The van der Waals surface area contributed by atoms with Crippen LogP contribution in [0.25, 0.3) is 0 Å². The molecule has 0 radical (unpaired) electrons. The molecule has 3 amide bonds. The molecule has 0 spiro atoms. The summed E-state index contributed by atoms with van der Waals surface area (Å²) in [5.74, 6) is 3.38. The van der Waals surface area contributed by atoms with Crippen LogP contribution >= 0.6 is 0 Å². The standard InChI is InChI=1S/C26H39N5O2/c32-24(29-18-19-5-6-23(28-17-19)31-9-3-1-2-4-10-31)7-8-27-25(33)30-26-14-20-11-21(15-26)13-22(12-20)16-26/h5-6,17,20-22H,1-4,7-16,18H2,(H,29,32)(H2,27,30,33). The van der Waals surface area contributed by atoms with E-state index in [0.29, 0.717) is 13.1 Å². The molecular formula is C26H39N5O2. The van der Waals surface area contributed by atoms with Crippen molar-refractivity contribution < 1.29 is 9.59 Å². The fourth-order valence-corrected chi connectivity index (χ4v) is 7.14. The monoisotopic (exact) mass is 453 g/mol. The van der Waals surface area contributed by atoms with E-state index in [1.807, 2.05) is 12.3 Å². The van der Waals surface area contributed by atoms with E-state index >= 15 is 0 Å². The van der Waals surface area contributed by atoms with E-state index in [1.54, 1.807) is 0 Å². The molecule has 3 N–H and O–H groups in total. The van der Waals surface area contributed by atoms with Crippen LogP contribution in [0.4, 0.5) is 10.6 Å². The van der Waals surface area contributed by atoms with Crippen LogP contribution in [-0.2, 0) is 11.3 Å². The average Bonchev–Trinajstić information content (AvgIpc) is 3.06. The number of nitrogens with zero attached hydrogens (tertiary/aromatic N) is 2. The van der Waals surface area contributed by atoms with Crippen molar-refractivity contribution in [3.8, 4) is 0 Å². The fourth-order valence-electron chi connectivity index (χ4n) is 7.14. The number of carbonyl (C=O) groups is 2. The van der Waals surface area contributed by atoms with Crippen molar-refractivity contribution in [1.29, 1.82) is 0 Å². The van der Waals surface area contributed by atoms with Gasteiger partial charge in [-0.3, -0.25) is 4.79 Å². The lowest BCUT2D eigenvalue weighted by molar-refractivity contribution is -0.121. The van der Waals surface area contributed by atoms with Gasteiger partial charge in [-0.15, -0.1) is 0 Å². The Kier molecular flexibility index (Phi) is 6.74. The first-order valence-electron chi connectivity index (χ1n) is 13.1. The van der Waals surface area contributed by atoms with Gasteiger partial charge >= 0.3 is 6.03 Å². The van der Waals surface area contributed by atoms with Crippen molar-refractivity contribution in [3.63, 3.8) is 0 Å². The van der Waals surface area contributed by atoms with Gasteiger partial charge in [0.1, 0.15) is 5.82 Å². The summed E-state index contributed by atoms with van der Waals surface area (Å²) in [6, 6.07) is 3.99. The SMILES string of the molecule is O=C(CCNC(=O)NC12CC3CC(CC(C3)C1)C2)NCc1ccc(N2CCCCCC2)nc1. The molecule has 0 aromatic carbocycles. The maximum atomic E-state index is 12.5. The topological polar surface area (TPSA) is 86.4 Å². The first kappa shape index (κ1) is 22.5. The third kappa shape index (κ3) is 5.61. The normalized spacial score (nSPS) is 30.5. The summed E-state index contributed by atoms with van der Waals surface area (Å²) in [5, 5.41) is 9.15. The van der Waals surface area contributed by atoms with Crippen molar-refractivity contribution in [2.75, 3.05) is 24.5 Å². The zero-order valence-corrected chi connectivity index (χ0v) is 19.8. The maximum absolute atomic E-state index is 12.5. The number of urea groups is 1. The Labute approximate surface area is 197 Å². The van der Waals surface area contributed by atoms with Gasteiger partial charge in [0, 0.05) is 44.3 Å². The second-order valence-corrected chi connectivity index (χ2v) is 11.0. The van der Waals surface area contributed by atoms with Crippen LogP contribution in [0.5, 0.6) is 0 Å². The van der Waals surface area contributed by atoms with Crippen molar-refractivity contribution in [1.82, 2.24) is 20.9 Å². The molecule has 4 bridgehead atoms. The van der Waals surface area contributed by atoms with Gasteiger partial charge in [0.15, 0.2) is 0 Å². The van der Waals surface area contributed by atoms with E-state index in [0.717, 1.165) is 61.5 Å². The minimum atomic E-state index is -0.113. The summed E-state index contributed by atoms with van der Waals surface area (Å²) in [4.78, 5) is 31.7. The maximum Gasteiger partial charge on any atom is 0.315 e. The lowest BCUT2D eigenvalue weighted by atomic mass is 9.53. The van der Waals surface area contributed by atoms with Gasteiger partial charge in [-0.1, -0.05) is 18.9 Å². The smallest absolute Gasteiger partial charge is 0.315 e. The minimum Gasteiger partial charge on any atom is -0.357 e. The molecule has 2 heterocycles. The highest BCUT2D eigenvalue weighted by Crippen LogP contribution is 2.55. The number of carbonyl (C=O) groups excluding carboxylic acids is 2. The molecule has 1 aromatic rings. The molecule has 5 fully saturated rings. The van der Waals surface area contributed by atoms with Crippen molar-refractivity contribution in [3.05, 3.63) is 23.9 Å². The molecule has 1 saturated heterocycles. The van der Waals surface area contributed by atoms with E-state index in [1.165, 1.54) is 44.9 Å². The lowest BCUT2D eigenvalue weighted by Crippen LogP contribution is -2.61. The van der Waals surface area contributed by atoms with Crippen LogP contribution in [0.1, 0.15) is 76.2 Å². The first-order valence-corrected chi connectivity index (χ1v) is 13.1. The quantitative estimate of drug-likeness (QED) is 0.587. The Morgan fingerprint density at radius 3 is 2.21 bits per heavy atom. The lowest BCUT2D eigenvalue weighted by Gasteiger charge is -2.56. The zero-order valence-electron chi connectivity index (χ0n) is 19.8. The molecule has 6 rings (SSSR count). The largest absolute Gasteiger partial charge is 0.357 e. The van der Waals surface area contributed by atoms with Crippen molar-refractivity contribution in [2.24, 2.45) is 17.8 Å². The van der Waals surface area contributed by atoms with E-state index in [2.05, 4.69) is 31.9 Å².